The Labute approximate surface area is 157 Å². The van der Waals surface area contributed by atoms with E-state index >= 15 is 0 Å². The first-order chi connectivity index (χ1) is 12.8. The maximum Gasteiger partial charge on any atom is 0.433 e. The zero-order chi connectivity index (χ0) is 19.5. The molecule has 5 nitrogen and oxygen atoms in total. The average molecular weight is 385 g/mol. The van der Waals surface area contributed by atoms with Crippen molar-refractivity contribution < 1.29 is 23.1 Å². The van der Waals surface area contributed by atoms with Crippen molar-refractivity contribution in [2.75, 3.05) is 32.8 Å². The van der Waals surface area contributed by atoms with Crippen LogP contribution in [-0.4, -0.2) is 58.6 Å². The smallest absolute Gasteiger partial charge is 0.396 e. The summed E-state index contributed by atoms with van der Waals surface area (Å²) in [5.41, 5.74) is -0.0585. The van der Waals surface area contributed by atoms with Crippen LogP contribution in [0.4, 0.5) is 13.2 Å². The van der Waals surface area contributed by atoms with Gasteiger partial charge in [-0.05, 0) is 43.9 Å². The van der Waals surface area contributed by atoms with E-state index in [1.807, 2.05) is 4.90 Å². The van der Waals surface area contributed by atoms with Crippen molar-refractivity contribution in [3.8, 4) is 0 Å². The van der Waals surface area contributed by atoms with Crippen molar-refractivity contribution in [2.24, 2.45) is 5.41 Å². The molecule has 1 aromatic rings. The molecular formula is C19H26F3N3O2. The third-order valence-corrected chi connectivity index (χ3v) is 5.60. The minimum atomic E-state index is -4.42. The Morgan fingerprint density at radius 2 is 2.04 bits per heavy atom. The number of alkyl halides is 3. The number of aromatic nitrogens is 1. The van der Waals surface area contributed by atoms with E-state index in [2.05, 4.69) is 9.88 Å². The molecule has 2 saturated heterocycles. The van der Waals surface area contributed by atoms with Gasteiger partial charge in [0.1, 0.15) is 5.69 Å². The van der Waals surface area contributed by atoms with Gasteiger partial charge in [-0.1, -0.05) is 6.07 Å². The zero-order valence-electron chi connectivity index (χ0n) is 15.3. The van der Waals surface area contributed by atoms with Crippen LogP contribution in [0.5, 0.6) is 0 Å². The maximum absolute atomic E-state index is 12.7. The highest BCUT2D eigenvalue weighted by atomic mass is 19.4. The molecule has 1 unspecified atom stereocenters. The standard InChI is InChI=1S/C19H26F3N3O2/c20-19(21,22)16-4-3-15(11-23-16)12-24-8-1-6-18(13-24)7-5-17(27)25(14-18)9-2-10-26/h3-4,11,26H,1-2,5-10,12-14H2. The summed E-state index contributed by atoms with van der Waals surface area (Å²) >= 11 is 0. The molecule has 3 heterocycles. The van der Waals surface area contributed by atoms with Crippen LogP contribution in [-0.2, 0) is 17.5 Å². The molecule has 1 amide bonds. The summed E-state index contributed by atoms with van der Waals surface area (Å²) < 4.78 is 38.0. The van der Waals surface area contributed by atoms with Gasteiger partial charge in [0.2, 0.25) is 5.91 Å². The van der Waals surface area contributed by atoms with Gasteiger partial charge in [0, 0.05) is 50.8 Å². The number of aliphatic hydroxyl groups excluding tert-OH is 1. The van der Waals surface area contributed by atoms with Gasteiger partial charge in [0.05, 0.1) is 0 Å². The molecule has 1 spiro atoms. The maximum atomic E-state index is 12.7. The molecular weight excluding hydrogens is 359 g/mol. The van der Waals surface area contributed by atoms with Crippen LogP contribution in [0, 0.1) is 5.41 Å². The number of hydrogen-bond acceptors (Lipinski definition) is 4. The number of carbonyl (C=O) groups excluding carboxylic acids is 1. The van der Waals surface area contributed by atoms with Crippen molar-refractivity contribution in [2.45, 2.75) is 44.8 Å². The number of halogens is 3. The molecule has 27 heavy (non-hydrogen) atoms. The highest BCUT2D eigenvalue weighted by Crippen LogP contribution is 2.39. The van der Waals surface area contributed by atoms with Gasteiger partial charge in [0.15, 0.2) is 0 Å². The number of carbonyl (C=O) groups is 1. The van der Waals surface area contributed by atoms with E-state index in [-0.39, 0.29) is 17.9 Å². The second kappa shape index (κ2) is 8.14. The Bertz CT molecular complexity index is 651. The van der Waals surface area contributed by atoms with Crippen molar-refractivity contribution in [1.29, 1.82) is 0 Å². The second-order valence-corrected chi connectivity index (χ2v) is 7.76. The molecule has 0 saturated carbocycles. The summed E-state index contributed by atoms with van der Waals surface area (Å²) in [7, 11) is 0. The number of amides is 1. The van der Waals surface area contributed by atoms with E-state index in [1.165, 1.54) is 12.3 Å². The number of likely N-dealkylation sites (tertiary alicyclic amines) is 2. The first-order valence-corrected chi connectivity index (χ1v) is 9.44. The van der Waals surface area contributed by atoms with E-state index in [9.17, 15) is 18.0 Å². The Morgan fingerprint density at radius 1 is 1.22 bits per heavy atom. The van der Waals surface area contributed by atoms with Crippen LogP contribution in [0.3, 0.4) is 0 Å². The molecule has 2 fully saturated rings. The van der Waals surface area contributed by atoms with Crippen LogP contribution < -0.4 is 0 Å². The first-order valence-electron chi connectivity index (χ1n) is 9.44. The molecule has 1 N–H and O–H groups in total. The lowest BCUT2D eigenvalue weighted by molar-refractivity contribution is -0.141. The SMILES string of the molecule is O=C1CCC2(CCCN(Cc3ccc(C(F)(F)F)nc3)C2)CN1CCCO. The normalized spacial score (nSPS) is 24.6. The number of rotatable bonds is 5. The Hall–Kier alpha value is -1.67. The van der Waals surface area contributed by atoms with E-state index in [0.717, 1.165) is 44.0 Å². The second-order valence-electron chi connectivity index (χ2n) is 7.76. The first kappa shape index (κ1) is 20.1. The highest BCUT2D eigenvalue weighted by molar-refractivity contribution is 5.77. The van der Waals surface area contributed by atoms with Gasteiger partial charge >= 0.3 is 6.18 Å². The van der Waals surface area contributed by atoms with Gasteiger partial charge in [-0.2, -0.15) is 13.2 Å². The Balaban J connectivity index is 1.63. The van der Waals surface area contributed by atoms with E-state index in [4.69, 9.17) is 5.11 Å². The van der Waals surface area contributed by atoms with Crippen LogP contribution in [0.25, 0.3) is 0 Å². The molecule has 0 radical (unpaired) electrons. The molecule has 0 bridgehead atoms. The molecule has 8 heteroatoms. The summed E-state index contributed by atoms with van der Waals surface area (Å²) in [5.74, 6) is 0.151. The zero-order valence-corrected chi connectivity index (χ0v) is 15.3. The third-order valence-electron chi connectivity index (χ3n) is 5.60. The fraction of sp³-hybridized carbons (Fsp3) is 0.684. The monoisotopic (exact) mass is 385 g/mol. The van der Waals surface area contributed by atoms with Crippen molar-refractivity contribution in [3.05, 3.63) is 29.6 Å². The molecule has 0 aromatic carbocycles. The van der Waals surface area contributed by atoms with Crippen molar-refractivity contribution in [3.63, 3.8) is 0 Å². The van der Waals surface area contributed by atoms with Crippen LogP contribution >= 0.6 is 0 Å². The molecule has 2 aliphatic heterocycles. The summed E-state index contributed by atoms with van der Waals surface area (Å²) in [6.07, 6.45) is 0.920. The predicted molar refractivity (Wildman–Crippen MR) is 93.7 cm³/mol. The van der Waals surface area contributed by atoms with Gasteiger partial charge in [0.25, 0.3) is 0 Å². The quantitative estimate of drug-likeness (QED) is 0.847. The van der Waals surface area contributed by atoms with Gasteiger partial charge < -0.3 is 10.0 Å². The molecule has 3 rings (SSSR count). The number of aliphatic hydroxyl groups is 1. The van der Waals surface area contributed by atoms with Gasteiger partial charge in [-0.25, -0.2) is 0 Å². The van der Waals surface area contributed by atoms with Crippen molar-refractivity contribution in [1.82, 2.24) is 14.8 Å². The average Bonchev–Trinajstić information content (AvgIpc) is 2.63. The largest absolute Gasteiger partial charge is 0.433 e. The van der Waals surface area contributed by atoms with E-state index in [0.29, 0.717) is 32.5 Å². The topological polar surface area (TPSA) is 56.7 Å². The van der Waals surface area contributed by atoms with Crippen LogP contribution in [0.1, 0.15) is 43.4 Å². The van der Waals surface area contributed by atoms with Crippen LogP contribution in [0.15, 0.2) is 18.3 Å². The summed E-state index contributed by atoms with van der Waals surface area (Å²) in [6.45, 7) is 3.65. The highest BCUT2D eigenvalue weighted by Gasteiger charge is 2.41. The summed E-state index contributed by atoms with van der Waals surface area (Å²) in [5, 5.41) is 9.04. The molecule has 0 aliphatic carbocycles. The number of nitrogens with zero attached hydrogens (tertiary/aromatic N) is 3. The van der Waals surface area contributed by atoms with Gasteiger partial charge in [-0.15, -0.1) is 0 Å². The van der Waals surface area contributed by atoms with Crippen molar-refractivity contribution >= 4 is 5.91 Å². The molecule has 1 aromatic heterocycles. The third kappa shape index (κ3) is 4.99. The fourth-order valence-corrected chi connectivity index (χ4v) is 4.29. The fourth-order valence-electron chi connectivity index (χ4n) is 4.29. The minimum absolute atomic E-state index is 0.0426. The summed E-state index contributed by atoms with van der Waals surface area (Å²) in [6, 6.07) is 2.53. The number of hydrogen-bond donors (Lipinski definition) is 1. The van der Waals surface area contributed by atoms with Gasteiger partial charge in [-0.3, -0.25) is 14.7 Å². The predicted octanol–water partition coefficient (Wildman–Crippen LogP) is 2.69. The molecule has 1 atom stereocenters. The number of pyridine rings is 1. The lowest BCUT2D eigenvalue weighted by Crippen LogP contribution is -2.54. The van der Waals surface area contributed by atoms with Crippen LogP contribution in [0.2, 0.25) is 0 Å². The lowest BCUT2D eigenvalue weighted by Gasteiger charge is -2.48. The number of piperidine rings is 2. The molecule has 150 valence electrons. The summed E-state index contributed by atoms with van der Waals surface area (Å²) in [4.78, 5) is 19.8. The van der Waals surface area contributed by atoms with E-state index < -0.39 is 11.9 Å². The Kier molecular flexibility index (Phi) is 6.05. The lowest BCUT2D eigenvalue weighted by atomic mass is 9.73. The Morgan fingerprint density at radius 3 is 2.70 bits per heavy atom. The molecule has 2 aliphatic rings. The minimum Gasteiger partial charge on any atom is -0.396 e. The van der Waals surface area contributed by atoms with E-state index in [1.54, 1.807) is 0 Å².